The second-order valence-electron chi connectivity index (χ2n) is 7.77. The van der Waals surface area contributed by atoms with Gasteiger partial charge >= 0.3 is 0 Å². The van der Waals surface area contributed by atoms with Crippen LogP contribution in [0, 0.1) is 0 Å². The van der Waals surface area contributed by atoms with Crippen LogP contribution in [-0.2, 0) is 11.2 Å². The van der Waals surface area contributed by atoms with Crippen LogP contribution < -0.4 is 10.6 Å². The average molecular weight is 423 g/mol. The summed E-state index contributed by atoms with van der Waals surface area (Å²) < 4.78 is 0. The lowest BCUT2D eigenvalue weighted by Crippen LogP contribution is -2.31. The van der Waals surface area contributed by atoms with Crippen LogP contribution in [0.25, 0.3) is 10.8 Å². The molecule has 0 saturated carbocycles. The first-order valence-corrected chi connectivity index (χ1v) is 10.9. The summed E-state index contributed by atoms with van der Waals surface area (Å²) in [5, 5.41) is 8.14. The monoisotopic (exact) mass is 422 g/mol. The molecule has 0 radical (unpaired) electrons. The Kier molecular flexibility index (Phi) is 6.61. The predicted molar refractivity (Wildman–Crippen MR) is 130 cm³/mol. The van der Waals surface area contributed by atoms with Gasteiger partial charge in [-0.15, -0.1) is 0 Å². The molecule has 4 aromatic rings. The average Bonchev–Trinajstić information content (AvgIpc) is 2.84. The smallest absolute Gasteiger partial charge is 0.251 e. The fraction of sp³-hybridized carbons (Fsp3) is 0.143. The van der Waals surface area contributed by atoms with Gasteiger partial charge in [-0.25, -0.2) is 0 Å². The van der Waals surface area contributed by atoms with Crippen LogP contribution in [0.3, 0.4) is 0 Å². The third-order valence-electron chi connectivity index (χ3n) is 5.56. The Hall–Kier alpha value is -3.92. The number of hydrogen-bond donors (Lipinski definition) is 2. The summed E-state index contributed by atoms with van der Waals surface area (Å²) in [5.41, 5.74) is 3.42. The van der Waals surface area contributed by atoms with E-state index in [2.05, 4.69) is 29.7 Å². The molecule has 160 valence electrons. The molecule has 4 heteroatoms. The van der Waals surface area contributed by atoms with Crippen LogP contribution in [0.15, 0.2) is 97.1 Å². The summed E-state index contributed by atoms with van der Waals surface area (Å²) in [7, 11) is 0. The van der Waals surface area contributed by atoms with Gasteiger partial charge in [-0.2, -0.15) is 0 Å². The maximum atomic E-state index is 13.0. The molecular formula is C28H26N2O2. The van der Waals surface area contributed by atoms with Gasteiger partial charge in [-0.3, -0.25) is 9.59 Å². The summed E-state index contributed by atoms with van der Waals surface area (Å²) in [6, 6.07) is 30.4. The normalized spacial score (nSPS) is 11.7. The van der Waals surface area contributed by atoms with Crippen molar-refractivity contribution in [3.63, 3.8) is 0 Å². The van der Waals surface area contributed by atoms with Gasteiger partial charge in [0, 0.05) is 16.6 Å². The first kappa shape index (κ1) is 21.3. The van der Waals surface area contributed by atoms with Crippen molar-refractivity contribution in [1.82, 2.24) is 5.32 Å². The lowest BCUT2D eigenvalue weighted by atomic mass is 9.99. The topological polar surface area (TPSA) is 58.2 Å². The molecule has 0 heterocycles. The van der Waals surface area contributed by atoms with E-state index in [1.54, 1.807) is 12.1 Å². The van der Waals surface area contributed by atoms with E-state index < -0.39 is 6.04 Å². The fourth-order valence-electron chi connectivity index (χ4n) is 3.83. The van der Waals surface area contributed by atoms with Gasteiger partial charge in [0.25, 0.3) is 5.91 Å². The highest BCUT2D eigenvalue weighted by molar-refractivity contribution is 6.02. The van der Waals surface area contributed by atoms with Crippen LogP contribution in [0.4, 0.5) is 5.69 Å². The highest BCUT2D eigenvalue weighted by Gasteiger charge is 2.20. The first-order valence-electron chi connectivity index (χ1n) is 10.9. The largest absolute Gasteiger partial charge is 0.345 e. The lowest BCUT2D eigenvalue weighted by molar-refractivity contribution is -0.116. The molecule has 0 aliphatic carbocycles. The van der Waals surface area contributed by atoms with Crippen molar-refractivity contribution in [3.8, 4) is 0 Å². The maximum Gasteiger partial charge on any atom is 0.251 e. The number of carbonyl (C=O) groups excluding carboxylic acids is 2. The van der Waals surface area contributed by atoms with Gasteiger partial charge in [0.2, 0.25) is 5.91 Å². The van der Waals surface area contributed by atoms with E-state index in [1.807, 2.05) is 72.8 Å². The van der Waals surface area contributed by atoms with E-state index in [0.29, 0.717) is 5.56 Å². The third-order valence-corrected chi connectivity index (χ3v) is 5.56. The van der Waals surface area contributed by atoms with E-state index >= 15 is 0 Å². The number of hydrogen-bond acceptors (Lipinski definition) is 2. The van der Waals surface area contributed by atoms with Crippen molar-refractivity contribution in [1.29, 1.82) is 0 Å². The summed E-state index contributed by atoms with van der Waals surface area (Å²) in [6.07, 6.45) is 1.02. The lowest BCUT2D eigenvalue weighted by Gasteiger charge is -2.20. The molecule has 4 rings (SSSR count). The molecule has 0 aliphatic rings. The Morgan fingerprint density at radius 3 is 2.34 bits per heavy atom. The second kappa shape index (κ2) is 9.92. The molecule has 4 aromatic carbocycles. The SMILES string of the molecule is CCc1cccc(C(CC(=O)Nc2cccc3ccccc23)NC(=O)c2ccccc2)c1. The zero-order valence-electron chi connectivity index (χ0n) is 18.0. The van der Waals surface area contributed by atoms with Crippen molar-refractivity contribution in [3.05, 3.63) is 114 Å². The Balaban J connectivity index is 1.57. The summed E-state index contributed by atoms with van der Waals surface area (Å²) in [6.45, 7) is 2.09. The zero-order chi connectivity index (χ0) is 22.3. The molecule has 32 heavy (non-hydrogen) atoms. The molecule has 0 fully saturated rings. The third kappa shape index (κ3) is 5.03. The minimum absolute atomic E-state index is 0.134. The Morgan fingerprint density at radius 1 is 0.812 bits per heavy atom. The zero-order valence-corrected chi connectivity index (χ0v) is 18.0. The Labute approximate surface area is 188 Å². The summed E-state index contributed by atoms with van der Waals surface area (Å²) in [5.74, 6) is -0.350. The molecule has 0 bridgehead atoms. The minimum atomic E-state index is -0.441. The van der Waals surface area contributed by atoms with Crippen LogP contribution in [0.5, 0.6) is 0 Å². The van der Waals surface area contributed by atoms with Crippen LogP contribution in [-0.4, -0.2) is 11.8 Å². The van der Waals surface area contributed by atoms with Crippen molar-refractivity contribution in [2.24, 2.45) is 0 Å². The van der Waals surface area contributed by atoms with E-state index in [0.717, 1.165) is 34.0 Å². The summed E-state index contributed by atoms with van der Waals surface area (Å²) >= 11 is 0. The van der Waals surface area contributed by atoms with Crippen molar-refractivity contribution >= 4 is 28.3 Å². The number of rotatable bonds is 7. The van der Waals surface area contributed by atoms with Gasteiger partial charge in [0.15, 0.2) is 0 Å². The molecule has 0 spiro atoms. The molecular weight excluding hydrogens is 396 g/mol. The number of anilines is 1. The highest BCUT2D eigenvalue weighted by Crippen LogP contribution is 2.25. The van der Waals surface area contributed by atoms with Gasteiger partial charge in [0.1, 0.15) is 0 Å². The van der Waals surface area contributed by atoms with E-state index in [-0.39, 0.29) is 18.2 Å². The number of fused-ring (bicyclic) bond motifs is 1. The standard InChI is InChI=1S/C28H26N2O2/c1-2-20-10-8-15-23(18-20)26(30-28(32)22-12-4-3-5-13-22)19-27(31)29-25-17-9-14-21-11-6-7-16-24(21)25/h3-18,26H,2,19H2,1H3,(H,29,31)(H,30,32). The maximum absolute atomic E-state index is 13.0. The first-order chi connectivity index (χ1) is 15.6. The van der Waals surface area contributed by atoms with E-state index in [9.17, 15) is 9.59 Å². The summed E-state index contributed by atoms with van der Waals surface area (Å²) in [4.78, 5) is 25.9. The second-order valence-corrected chi connectivity index (χ2v) is 7.77. The number of nitrogens with one attached hydrogen (secondary N) is 2. The van der Waals surface area contributed by atoms with Gasteiger partial charge in [-0.1, -0.05) is 85.8 Å². The van der Waals surface area contributed by atoms with Gasteiger partial charge < -0.3 is 10.6 Å². The predicted octanol–water partition coefficient (Wildman–Crippen LogP) is 5.90. The van der Waals surface area contributed by atoms with Crippen LogP contribution in [0.2, 0.25) is 0 Å². The minimum Gasteiger partial charge on any atom is -0.345 e. The van der Waals surface area contributed by atoms with Crippen molar-refractivity contribution in [2.45, 2.75) is 25.8 Å². The highest BCUT2D eigenvalue weighted by atomic mass is 16.2. The molecule has 2 amide bonds. The Morgan fingerprint density at radius 2 is 1.53 bits per heavy atom. The fourth-order valence-corrected chi connectivity index (χ4v) is 3.83. The number of amides is 2. The molecule has 0 saturated heterocycles. The molecule has 4 nitrogen and oxygen atoms in total. The van der Waals surface area contributed by atoms with Crippen molar-refractivity contribution in [2.75, 3.05) is 5.32 Å². The molecule has 2 N–H and O–H groups in total. The Bertz CT molecular complexity index is 1230. The van der Waals surface area contributed by atoms with Crippen LogP contribution in [0.1, 0.15) is 40.9 Å². The molecule has 1 unspecified atom stereocenters. The number of carbonyl (C=O) groups is 2. The quantitative estimate of drug-likeness (QED) is 0.389. The molecule has 0 aromatic heterocycles. The molecule has 1 atom stereocenters. The van der Waals surface area contributed by atoms with Gasteiger partial charge in [0.05, 0.1) is 12.5 Å². The van der Waals surface area contributed by atoms with E-state index in [1.165, 1.54) is 0 Å². The van der Waals surface area contributed by atoms with E-state index in [4.69, 9.17) is 0 Å². The van der Waals surface area contributed by atoms with Crippen LogP contribution >= 0.6 is 0 Å². The number of aryl methyl sites for hydroxylation is 1. The molecule has 0 aliphatic heterocycles. The van der Waals surface area contributed by atoms with Crippen molar-refractivity contribution < 1.29 is 9.59 Å². The number of benzene rings is 4. The van der Waals surface area contributed by atoms with Gasteiger partial charge in [-0.05, 0) is 41.1 Å².